The number of piperazine rings is 1. The normalized spacial score (nSPS) is 24.6. The van der Waals surface area contributed by atoms with Gasteiger partial charge in [0, 0.05) is 6.04 Å². The standard InChI is InChI=1S/C16H30N2O2/c1-8-11(4)18-12(15(5,6)7)13(19)17-16(9-2,10-3)14(18)20/h11-12H,8-10H2,1-7H3,(H,17,19). The van der Waals surface area contributed by atoms with Gasteiger partial charge in [-0.1, -0.05) is 41.5 Å². The van der Waals surface area contributed by atoms with Crippen molar-refractivity contribution >= 4 is 11.8 Å². The van der Waals surface area contributed by atoms with Crippen LogP contribution in [0.5, 0.6) is 0 Å². The maximum Gasteiger partial charge on any atom is 0.249 e. The molecule has 0 aromatic carbocycles. The molecule has 0 bridgehead atoms. The van der Waals surface area contributed by atoms with Crippen molar-refractivity contribution in [1.82, 2.24) is 10.2 Å². The molecule has 1 heterocycles. The average Bonchev–Trinajstić information content (AvgIpc) is 2.38. The molecule has 4 heteroatoms. The van der Waals surface area contributed by atoms with Gasteiger partial charge in [-0.3, -0.25) is 9.59 Å². The molecule has 2 atom stereocenters. The summed E-state index contributed by atoms with van der Waals surface area (Å²) in [5.41, 5.74) is -0.987. The maximum absolute atomic E-state index is 13.0. The van der Waals surface area contributed by atoms with Crippen molar-refractivity contribution in [2.45, 2.75) is 85.4 Å². The van der Waals surface area contributed by atoms with Gasteiger partial charge in [0.2, 0.25) is 11.8 Å². The maximum atomic E-state index is 13.0. The van der Waals surface area contributed by atoms with Crippen molar-refractivity contribution in [2.75, 3.05) is 0 Å². The SMILES string of the molecule is CCC(C)N1C(=O)C(CC)(CC)NC(=O)C1C(C)(C)C. The summed E-state index contributed by atoms with van der Waals surface area (Å²) >= 11 is 0. The molecular formula is C16H30N2O2. The van der Waals surface area contributed by atoms with E-state index in [1.54, 1.807) is 0 Å². The summed E-state index contributed by atoms with van der Waals surface area (Å²) in [6.07, 6.45) is 2.13. The Morgan fingerprint density at radius 2 is 1.70 bits per heavy atom. The minimum Gasteiger partial charge on any atom is -0.340 e. The Bertz CT molecular complexity index is 380. The van der Waals surface area contributed by atoms with Crippen LogP contribution < -0.4 is 5.32 Å². The fourth-order valence-electron chi connectivity index (χ4n) is 3.04. The molecule has 1 fully saturated rings. The Balaban J connectivity index is 3.32. The van der Waals surface area contributed by atoms with Crippen molar-refractivity contribution < 1.29 is 9.59 Å². The molecular weight excluding hydrogens is 252 g/mol. The van der Waals surface area contributed by atoms with Crippen LogP contribution in [0.3, 0.4) is 0 Å². The molecule has 20 heavy (non-hydrogen) atoms. The first kappa shape index (κ1) is 17.0. The summed E-state index contributed by atoms with van der Waals surface area (Å²) in [5, 5.41) is 3.01. The predicted octanol–water partition coefficient (Wildman–Crippen LogP) is 2.72. The quantitative estimate of drug-likeness (QED) is 0.862. The third kappa shape index (κ3) is 2.70. The highest BCUT2D eigenvalue weighted by molar-refractivity contribution is 6.00. The van der Waals surface area contributed by atoms with E-state index in [2.05, 4.69) is 12.2 Å². The highest BCUT2D eigenvalue weighted by Crippen LogP contribution is 2.34. The largest absolute Gasteiger partial charge is 0.340 e. The summed E-state index contributed by atoms with van der Waals surface area (Å²) in [6, 6.07) is -0.313. The number of hydrogen-bond acceptors (Lipinski definition) is 2. The van der Waals surface area contributed by atoms with Crippen molar-refractivity contribution in [1.29, 1.82) is 0 Å². The Kier molecular flexibility index (Phi) is 4.88. The van der Waals surface area contributed by atoms with Gasteiger partial charge in [-0.05, 0) is 31.6 Å². The number of rotatable bonds is 4. The lowest BCUT2D eigenvalue weighted by Crippen LogP contribution is -2.73. The molecule has 1 rings (SSSR count). The molecule has 1 N–H and O–H groups in total. The van der Waals surface area contributed by atoms with E-state index < -0.39 is 11.6 Å². The summed E-state index contributed by atoms with van der Waals surface area (Å²) in [4.78, 5) is 27.5. The molecule has 1 saturated heterocycles. The van der Waals surface area contributed by atoms with E-state index in [-0.39, 0.29) is 23.3 Å². The molecule has 0 aromatic heterocycles. The zero-order valence-electron chi connectivity index (χ0n) is 14.0. The Morgan fingerprint density at radius 1 is 1.20 bits per heavy atom. The third-order valence-corrected chi connectivity index (χ3v) is 4.63. The fourth-order valence-corrected chi connectivity index (χ4v) is 3.04. The summed E-state index contributed by atoms with van der Waals surface area (Å²) in [5.74, 6) is 0.0671. The lowest BCUT2D eigenvalue weighted by atomic mass is 9.78. The predicted molar refractivity (Wildman–Crippen MR) is 81.3 cm³/mol. The second-order valence-electron chi connectivity index (χ2n) is 7.02. The van der Waals surface area contributed by atoms with Crippen LogP contribution >= 0.6 is 0 Å². The first-order chi connectivity index (χ1) is 9.14. The van der Waals surface area contributed by atoms with Gasteiger partial charge in [0.1, 0.15) is 11.6 Å². The van der Waals surface area contributed by atoms with Crippen LogP contribution in [0.4, 0.5) is 0 Å². The van der Waals surface area contributed by atoms with Gasteiger partial charge < -0.3 is 10.2 Å². The summed E-state index contributed by atoms with van der Waals surface area (Å²) < 4.78 is 0. The molecule has 0 radical (unpaired) electrons. The van der Waals surface area contributed by atoms with E-state index in [1.807, 2.05) is 46.4 Å². The van der Waals surface area contributed by atoms with Gasteiger partial charge in [0.25, 0.3) is 0 Å². The van der Waals surface area contributed by atoms with E-state index in [0.29, 0.717) is 12.8 Å². The van der Waals surface area contributed by atoms with Crippen molar-refractivity contribution in [3.05, 3.63) is 0 Å². The zero-order chi connectivity index (χ0) is 15.7. The number of hydrogen-bond donors (Lipinski definition) is 1. The van der Waals surface area contributed by atoms with E-state index in [0.717, 1.165) is 6.42 Å². The van der Waals surface area contributed by atoms with Crippen LogP contribution in [0.25, 0.3) is 0 Å². The van der Waals surface area contributed by atoms with Crippen LogP contribution in [-0.4, -0.2) is 34.3 Å². The Morgan fingerprint density at radius 3 is 2.05 bits per heavy atom. The Labute approximate surface area is 123 Å². The molecule has 0 spiro atoms. The molecule has 2 unspecified atom stereocenters. The topological polar surface area (TPSA) is 49.4 Å². The lowest BCUT2D eigenvalue weighted by molar-refractivity contribution is -0.163. The third-order valence-electron chi connectivity index (χ3n) is 4.63. The minimum atomic E-state index is -0.720. The van der Waals surface area contributed by atoms with E-state index in [1.165, 1.54) is 0 Å². The summed E-state index contributed by atoms with van der Waals surface area (Å²) in [6.45, 7) is 14.1. The van der Waals surface area contributed by atoms with Crippen LogP contribution in [0.1, 0.15) is 67.7 Å². The number of nitrogens with zero attached hydrogens (tertiary/aromatic N) is 1. The first-order valence-corrected chi connectivity index (χ1v) is 7.79. The number of carbonyl (C=O) groups excluding carboxylic acids is 2. The lowest BCUT2D eigenvalue weighted by Gasteiger charge is -2.51. The van der Waals surface area contributed by atoms with Crippen molar-refractivity contribution in [3.63, 3.8) is 0 Å². The van der Waals surface area contributed by atoms with Gasteiger partial charge >= 0.3 is 0 Å². The van der Waals surface area contributed by atoms with Gasteiger partial charge in [0.05, 0.1) is 0 Å². The second-order valence-corrected chi connectivity index (χ2v) is 7.02. The van der Waals surface area contributed by atoms with Crippen LogP contribution in [-0.2, 0) is 9.59 Å². The Hall–Kier alpha value is -1.06. The van der Waals surface area contributed by atoms with Gasteiger partial charge in [-0.25, -0.2) is 0 Å². The molecule has 0 aromatic rings. The highest BCUT2D eigenvalue weighted by Gasteiger charge is 2.53. The summed E-state index contributed by atoms with van der Waals surface area (Å²) in [7, 11) is 0. The van der Waals surface area contributed by atoms with Gasteiger partial charge in [-0.2, -0.15) is 0 Å². The smallest absolute Gasteiger partial charge is 0.249 e. The van der Waals surface area contributed by atoms with E-state index in [4.69, 9.17) is 0 Å². The molecule has 4 nitrogen and oxygen atoms in total. The van der Waals surface area contributed by atoms with Gasteiger partial charge in [0.15, 0.2) is 0 Å². The van der Waals surface area contributed by atoms with Crippen molar-refractivity contribution in [2.24, 2.45) is 5.41 Å². The second kappa shape index (κ2) is 5.74. The van der Waals surface area contributed by atoms with Crippen molar-refractivity contribution in [3.8, 4) is 0 Å². The van der Waals surface area contributed by atoms with Crippen LogP contribution in [0, 0.1) is 5.41 Å². The molecule has 1 aliphatic heterocycles. The van der Waals surface area contributed by atoms with Crippen LogP contribution in [0.15, 0.2) is 0 Å². The monoisotopic (exact) mass is 282 g/mol. The molecule has 0 aliphatic carbocycles. The molecule has 2 amide bonds. The van der Waals surface area contributed by atoms with E-state index in [9.17, 15) is 9.59 Å². The van der Waals surface area contributed by atoms with Gasteiger partial charge in [-0.15, -0.1) is 0 Å². The molecule has 0 saturated carbocycles. The number of nitrogens with one attached hydrogen (secondary N) is 1. The zero-order valence-corrected chi connectivity index (χ0v) is 14.0. The average molecular weight is 282 g/mol. The minimum absolute atomic E-state index is 0.0129. The molecule has 1 aliphatic rings. The number of amides is 2. The number of carbonyl (C=O) groups is 2. The fraction of sp³-hybridized carbons (Fsp3) is 0.875. The van der Waals surface area contributed by atoms with Crippen LogP contribution in [0.2, 0.25) is 0 Å². The molecule has 116 valence electrons. The highest BCUT2D eigenvalue weighted by atomic mass is 16.2. The first-order valence-electron chi connectivity index (χ1n) is 7.79. The van der Waals surface area contributed by atoms with E-state index >= 15 is 0 Å².